The van der Waals surface area contributed by atoms with Gasteiger partial charge in [-0.2, -0.15) is 4.98 Å². The average molecular weight is 383 g/mol. The predicted octanol–water partition coefficient (Wildman–Crippen LogP) is 0.217. The molecule has 0 fully saturated rings. The molecule has 0 radical (unpaired) electrons. The van der Waals surface area contributed by atoms with Crippen molar-refractivity contribution in [3.63, 3.8) is 0 Å². The van der Waals surface area contributed by atoms with E-state index in [4.69, 9.17) is 10.2 Å². The number of nitrogen functional groups attached to an aromatic ring is 1. The number of allylic oxidation sites excluding steroid dienone is 2. The normalized spacial score (nSPS) is 18.2. The summed E-state index contributed by atoms with van der Waals surface area (Å²) in [6.45, 7) is 0.363. The second-order valence-corrected chi connectivity index (χ2v) is 6.55. The van der Waals surface area contributed by atoms with E-state index in [-0.39, 0.29) is 38.2 Å². The molecule has 146 valence electrons. The number of aliphatic imine (C=N–C) groups is 1. The number of carbonyl (C=O) groups is 1. The van der Waals surface area contributed by atoms with E-state index in [1.54, 1.807) is 0 Å². The molecule has 0 saturated heterocycles. The fourth-order valence-electron chi connectivity index (χ4n) is 3.44. The molecule has 4 N–H and O–H groups in total. The van der Waals surface area contributed by atoms with Crippen molar-refractivity contribution in [2.24, 2.45) is 4.99 Å². The highest BCUT2D eigenvalue weighted by molar-refractivity contribution is 6.04. The van der Waals surface area contributed by atoms with Crippen LogP contribution in [0.1, 0.15) is 5.56 Å². The first kappa shape index (κ1) is 18.2. The van der Waals surface area contributed by atoms with Crippen LogP contribution < -0.4 is 5.73 Å². The van der Waals surface area contributed by atoms with Crippen molar-refractivity contribution < 1.29 is 19.4 Å². The summed E-state index contributed by atoms with van der Waals surface area (Å²) in [6, 6.07) is 5.21. The minimum Gasteiger partial charge on any atom is -0.424 e. The summed E-state index contributed by atoms with van der Waals surface area (Å²) >= 11 is 0. The molecule has 3 heterocycles. The molecule has 1 aromatic heterocycles. The van der Waals surface area contributed by atoms with Crippen LogP contribution in [0.3, 0.4) is 0 Å². The van der Waals surface area contributed by atoms with Crippen LogP contribution in [0.4, 0.5) is 6.01 Å². The van der Waals surface area contributed by atoms with Crippen molar-refractivity contribution >= 4 is 34.4 Å². The summed E-state index contributed by atoms with van der Waals surface area (Å²) in [4.78, 5) is 24.8. The van der Waals surface area contributed by atoms with Crippen molar-refractivity contribution in [2.45, 2.75) is 6.04 Å². The van der Waals surface area contributed by atoms with E-state index in [1.807, 2.05) is 41.5 Å². The van der Waals surface area contributed by atoms with Crippen molar-refractivity contribution in [1.82, 2.24) is 14.8 Å². The Morgan fingerprint density at radius 2 is 2.07 bits per heavy atom. The number of rotatable bonds is 6. The van der Waals surface area contributed by atoms with E-state index >= 15 is 0 Å². The molecule has 0 saturated carbocycles. The number of aliphatic hydroxyl groups excluding tert-OH is 2. The molecule has 1 unspecified atom stereocenters. The minimum absolute atomic E-state index is 0.118. The fourth-order valence-corrected chi connectivity index (χ4v) is 3.44. The highest BCUT2D eigenvalue weighted by Crippen LogP contribution is 2.28. The van der Waals surface area contributed by atoms with Crippen molar-refractivity contribution in [1.29, 1.82) is 0 Å². The van der Waals surface area contributed by atoms with Crippen molar-refractivity contribution in [2.75, 3.05) is 38.6 Å². The van der Waals surface area contributed by atoms with Crippen LogP contribution in [0.15, 0.2) is 46.0 Å². The van der Waals surface area contributed by atoms with Gasteiger partial charge >= 0.3 is 0 Å². The highest BCUT2D eigenvalue weighted by Gasteiger charge is 2.35. The van der Waals surface area contributed by atoms with Crippen LogP contribution >= 0.6 is 0 Å². The summed E-state index contributed by atoms with van der Waals surface area (Å²) in [5, 5.41) is 18.4. The Kier molecular flexibility index (Phi) is 4.84. The molecule has 0 aliphatic carbocycles. The topological polar surface area (TPSA) is 128 Å². The lowest BCUT2D eigenvalue weighted by Crippen LogP contribution is -2.49. The molecule has 1 aromatic carbocycles. The maximum absolute atomic E-state index is 12.9. The molecule has 1 amide bonds. The van der Waals surface area contributed by atoms with E-state index in [0.717, 1.165) is 11.1 Å². The smallest absolute Gasteiger partial charge is 0.292 e. The van der Waals surface area contributed by atoms with Gasteiger partial charge in [0.05, 0.1) is 19.8 Å². The van der Waals surface area contributed by atoms with Crippen LogP contribution in [0.25, 0.3) is 16.7 Å². The monoisotopic (exact) mass is 383 g/mol. The first-order chi connectivity index (χ1) is 13.6. The molecule has 0 spiro atoms. The Morgan fingerprint density at radius 1 is 1.29 bits per heavy atom. The van der Waals surface area contributed by atoms with E-state index in [9.17, 15) is 15.0 Å². The molecule has 9 heteroatoms. The summed E-state index contributed by atoms with van der Waals surface area (Å²) in [7, 11) is 0. The summed E-state index contributed by atoms with van der Waals surface area (Å²) in [5.41, 5.74) is 8.70. The van der Waals surface area contributed by atoms with Crippen molar-refractivity contribution in [3.05, 3.63) is 42.1 Å². The third-order valence-electron chi connectivity index (χ3n) is 4.79. The zero-order valence-corrected chi connectivity index (χ0v) is 15.2. The Morgan fingerprint density at radius 3 is 2.82 bits per heavy atom. The average Bonchev–Trinajstić information content (AvgIpc) is 3.28. The molecule has 2 aliphatic heterocycles. The fraction of sp³-hybridized carbons (Fsp3) is 0.316. The number of oxazole rings is 1. The number of amides is 1. The number of nitrogens with two attached hydrogens (primary N) is 1. The molecular formula is C19H21N5O4. The van der Waals surface area contributed by atoms with Gasteiger partial charge in [0.1, 0.15) is 17.4 Å². The van der Waals surface area contributed by atoms with Crippen LogP contribution in [-0.2, 0) is 4.79 Å². The summed E-state index contributed by atoms with van der Waals surface area (Å²) < 4.78 is 5.31. The summed E-state index contributed by atoms with van der Waals surface area (Å²) in [5.74, 6) is 0.536. The van der Waals surface area contributed by atoms with E-state index in [1.165, 1.54) is 4.90 Å². The predicted molar refractivity (Wildman–Crippen MR) is 104 cm³/mol. The van der Waals surface area contributed by atoms with Gasteiger partial charge in [0.15, 0.2) is 5.58 Å². The lowest BCUT2D eigenvalue weighted by atomic mass is 10.0. The number of anilines is 1. The Balaban J connectivity index is 1.61. The van der Waals surface area contributed by atoms with Gasteiger partial charge < -0.3 is 30.2 Å². The van der Waals surface area contributed by atoms with Gasteiger partial charge in [-0.15, -0.1) is 0 Å². The molecule has 9 nitrogen and oxygen atoms in total. The maximum atomic E-state index is 12.9. The largest absolute Gasteiger partial charge is 0.424 e. The van der Waals surface area contributed by atoms with E-state index < -0.39 is 6.04 Å². The van der Waals surface area contributed by atoms with Crippen LogP contribution in [0.2, 0.25) is 0 Å². The number of carbonyl (C=O) groups excluding carboxylic acids is 1. The lowest BCUT2D eigenvalue weighted by molar-refractivity contribution is -0.135. The first-order valence-electron chi connectivity index (χ1n) is 9.00. The van der Waals surface area contributed by atoms with Gasteiger partial charge in [-0.25, -0.2) is 0 Å². The van der Waals surface area contributed by atoms with Crippen molar-refractivity contribution in [3.8, 4) is 0 Å². The Labute approximate surface area is 161 Å². The SMILES string of the molecule is Nc1nc2cc(C3=CN4C(=NCC4C(=O)N(CCO)CCO)C=C3)ccc2o1. The number of fused-ring (bicyclic) bond motifs is 2. The summed E-state index contributed by atoms with van der Waals surface area (Å²) in [6.07, 6.45) is 5.69. The third kappa shape index (κ3) is 3.25. The zero-order valence-electron chi connectivity index (χ0n) is 15.2. The standard InChI is InChI=1S/C19H21N5O4/c20-19-22-14-9-12(1-3-16(14)28-19)13-2-4-17-21-10-15(24(17)11-13)18(27)23(5-7-25)6-8-26/h1-4,9,11,15,25-26H,5-8,10H2,(H2,20,22). The number of hydrogen-bond acceptors (Lipinski definition) is 8. The van der Waals surface area contributed by atoms with Gasteiger partial charge in [0.25, 0.3) is 6.01 Å². The number of aromatic nitrogens is 1. The van der Waals surface area contributed by atoms with Crippen LogP contribution in [-0.4, -0.2) is 75.6 Å². The number of aliphatic hydroxyl groups is 2. The van der Waals surface area contributed by atoms with Crippen LogP contribution in [0.5, 0.6) is 0 Å². The molecule has 0 bridgehead atoms. The quantitative estimate of drug-likeness (QED) is 0.651. The second kappa shape index (κ2) is 7.45. The molecule has 28 heavy (non-hydrogen) atoms. The highest BCUT2D eigenvalue weighted by atomic mass is 16.4. The third-order valence-corrected chi connectivity index (χ3v) is 4.79. The number of nitrogens with zero attached hydrogens (tertiary/aromatic N) is 4. The number of amidine groups is 1. The van der Waals surface area contributed by atoms with Gasteiger partial charge in [-0.3, -0.25) is 9.79 Å². The molecule has 2 aliphatic rings. The number of hydrogen-bond donors (Lipinski definition) is 3. The van der Waals surface area contributed by atoms with Gasteiger partial charge in [0.2, 0.25) is 5.91 Å². The Bertz CT molecular complexity index is 987. The van der Waals surface area contributed by atoms with Gasteiger partial charge in [-0.1, -0.05) is 6.07 Å². The first-order valence-corrected chi connectivity index (χ1v) is 9.00. The molecule has 1 atom stereocenters. The minimum atomic E-state index is -0.500. The second-order valence-electron chi connectivity index (χ2n) is 6.55. The zero-order chi connectivity index (χ0) is 19.7. The molecular weight excluding hydrogens is 362 g/mol. The lowest BCUT2D eigenvalue weighted by Gasteiger charge is -2.30. The molecule has 2 aromatic rings. The van der Waals surface area contributed by atoms with Gasteiger partial charge in [-0.05, 0) is 35.4 Å². The maximum Gasteiger partial charge on any atom is 0.292 e. The van der Waals surface area contributed by atoms with E-state index in [0.29, 0.717) is 23.5 Å². The Hall–Kier alpha value is -3.17. The van der Waals surface area contributed by atoms with Crippen LogP contribution in [0, 0.1) is 0 Å². The molecule has 4 rings (SSSR count). The van der Waals surface area contributed by atoms with Gasteiger partial charge in [0, 0.05) is 19.3 Å². The van der Waals surface area contributed by atoms with E-state index in [2.05, 4.69) is 9.98 Å². The number of benzene rings is 1.